The Kier molecular flexibility index (Phi) is 9.06. The molecule has 0 spiro atoms. The number of thioether (sulfide) groups is 1. The molecule has 1 aromatic heterocycles. The molecule has 8 rings (SSSR count). The van der Waals surface area contributed by atoms with E-state index in [0.29, 0.717) is 24.3 Å². The van der Waals surface area contributed by atoms with Crippen molar-refractivity contribution in [1.82, 2.24) is 10.3 Å². The zero-order valence-corrected chi connectivity index (χ0v) is 30.3. The Morgan fingerprint density at radius 3 is 1.96 bits per heavy atom. The Bertz CT molecular complexity index is 2150. The average Bonchev–Trinajstić information content (AvgIpc) is 3.19. The van der Waals surface area contributed by atoms with Gasteiger partial charge in [-0.25, -0.2) is 9.37 Å². The molecule has 7 heteroatoms. The summed E-state index contributed by atoms with van der Waals surface area (Å²) in [4.78, 5) is 10.5. The van der Waals surface area contributed by atoms with E-state index < -0.39 is 11.1 Å². The van der Waals surface area contributed by atoms with E-state index in [4.69, 9.17) is 19.5 Å². The number of pyridine rings is 1. The topological polar surface area (TPSA) is 55.7 Å². The van der Waals surface area contributed by atoms with Crippen LogP contribution < -0.4 is 14.8 Å². The van der Waals surface area contributed by atoms with E-state index in [1.54, 1.807) is 32.0 Å². The van der Waals surface area contributed by atoms with Crippen molar-refractivity contribution in [2.45, 2.75) is 30.8 Å². The Morgan fingerprint density at radius 1 is 0.750 bits per heavy atom. The van der Waals surface area contributed by atoms with Crippen LogP contribution in [-0.4, -0.2) is 30.1 Å². The molecule has 0 radical (unpaired) electrons. The van der Waals surface area contributed by atoms with Crippen molar-refractivity contribution in [2.75, 3.05) is 20.0 Å². The smallest absolute Gasteiger partial charge is 0.216 e. The molecule has 0 saturated heterocycles. The lowest BCUT2D eigenvalue weighted by molar-refractivity contribution is 0.261. The van der Waals surface area contributed by atoms with Gasteiger partial charge >= 0.3 is 0 Å². The maximum atomic E-state index is 16.5. The van der Waals surface area contributed by atoms with Gasteiger partial charge in [0.1, 0.15) is 17.1 Å². The molecule has 0 saturated carbocycles. The molecule has 0 unspecified atom stereocenters. The van der Waals surface area contributed by atoms with Crippen LogP contribution >= 0.6 is 11.8 Å². The summed E-state index contributed by atoms with van der Waals surface area (Å²) in [6.07, 6.45) is 2.97. The summed E-state index contributed by atoms with van der Waals surface area (Å²) >= 11 is 1.70. The minimum Gasteiger partial charge on any atom is -0.496 e. The van der Waals surface area contributed by atoms with Crippen molar-refractivity contribution in [3.05, 3.63) is 184 Å². The van der Waals surface area contributed by atoms with Crippen LogP contribution in [0.25, 0.3) is 11.1 Å². The van der Waals surface area contributed by atoms with Gasteiger partial charge in [0.2, 0.25) is 5.88 Å². The third kappa shape index (κ3) is 5.73. The van der Waals surface area contributed by atoms with Crippen LogP contribution in [0, 0.1) is 18.7 Å². The molecule has 5 aromatic carbocycles. The molecule has 1 aliphatic carbocycles. The van der Waals surface area contributed by atoms with Gasteiger partial charge in [0.25, 0.3) is 0 Å². The predicted octanol–water partition coefficient (Wildman–Crippen LogP) is 9.51. The summed E-state index contributed by atoms with van der Waals surface area (Å²) in [7, 11) is 3.34. The number of aromatic nitrogens is 1. The molecule has 1 N–H and O–H groups in total. The van der Waals surface area contributed by atoms with E-state index in [2.05, 4.69) is 84.2 Å². The SMILES string of the molecule is COc1ccccc1-c1cnc(OC)c2c1C[C@H]1CSC(NC(c3ccccc3)(c3ccccc3)c3ccccc3)=N[C@@]1(c1ccc(C)cc1F)C2. The van der Waals surface area contributed by atoms with Gasteiger partial charge in [0.05, 0.1) is 19.8 Å². The molecule has 1 aliphatic heterocycles. The van der Waals surface area contributed by atoms with Crippen LogP contribution in [-0.2, 0) is 23.9 Å². The lowest BCUT2D eigenvalue weighted by Gasteiger charge is -2.47. The summed E-state index contributed by atoms with van der Waals surface area (Å²) in [5, 5.41) is 4.76. The number of amidine groups is 1. The van der Waals surface area contributed by atoms with Crippen molar-refractivity contribution in [1.29, 1.82) is 0 Å². The van der Waals surface area contributed by atoms with E-state index in [0.717, 1.165) is 61.2 Å². The van der Waals surface area contributed by atoms with Gasteiger partial charge in [-0.3, -0.25) is 4.99 Å². The minimum absolute atomic E-state index is 0.0205. The molecule has 2 atom stereocenters. The second-order valence-corrected chi connectivity index (χ2v) is 14.5. The second kappa shape index (κ2) is 14.0. The first-order valence-electron chi connectivity index (χ1n) is 17.6. The summed E-state index contributed by atoms with van der Waals surface area (Å²) in [5.74, 6) is 1.77. The van der Waals surface area contributed by atoms with Crippen molar-refractivity contribution in [3.63, 3.8) is 0 Å². The summed E-state index contributed by atoms with van der Waals surface area (Å²) < 4.78 is 28.2. The van der Waals surface area contributed by atoms with E-state index in [1.165, 1.54) is 0 Å². The molecule has 52 heavy (non-hydrogen) atoms. The van der Waals surface area contributed by atoms with E-state index >= 15 is 4.39 Å². The fraction of sp³-hybridized carbons (Fsp3) is 0.200. The lowest BCUT2D eigenvalue weighted by atomic mass is 9.66. The molecule has 6 aromatic rings. The van der Waals surface area contributed by atoms with Crippen molar-refractivity contribution < 1.29 is 13.9 Å². The zero-order chi connectivity index (χ0) is 35.7. The highest BCUT2D eigenvalue weighted by Crippen LogP contribution is 2.53. The van der Waals surface area contributed by atoms with Crippen molar-refractivity contribution in [2.24, 2.45) is 10.9 Å². The summed E-state index contributed by atoms with van der Waals surface area (Å²) in [6.45, 7) is 1.92. The summed E-state index contributed by atoms with van der Waals surface area (Å²) in [5.41, 5.74) is 7.04. The quantitative estimate of drug-likeness (QED) is 0.160. The Hall–Kier alpha value is -5.40. The number of hydrogen-bond donors (Lipinski definition) is 1. The zero-order valence-electron chi connectivity index (χ0n) is 29.5. The van der Waals surface area contributed by atoms with Gasteiger partial charge in [-0.2, -0.15) is 0 Å². The third-order valence-corrected chi connectivity index (χ3v) is 11.7. The van der Waals surface area contributed by atoms with E-state index in [1.807, 2.05) is 61.7 Å². The van der Waals surface area contributed by atoms with Crippen LogP contribution in [0.4, 0.5) is 4.39 Å². The summed E-state index contributed by atoms with van der Waals surface area (Å²) in [6, 6.07) is 45.1. The van der Waals surface area contributed by atoms with Crippen LogP contribution in [0.5, 0.6) is 11.6 Å². The van der Waals surface area contributed by atoms with Crippen molar-refractivity contribution >= 4 is 16.9 Å². The molecule has 260 valence electrons. The van der Waals surface area contributed by atoms with Crippen LogP contribution in [0.2, 0.25) is 0 Å². The monoisotopic (exact) mass is 705 g/mol. The molecule has 2 aliphatic rings. The number of nitrogens with one attached hydrogen (secondary N) is 1. The second-order valence-electron chi connectivity index (χ2n) is 13.5. The molecular formula is C45H40FN3O2S. The van der Waals surface area contributed by atoms with E-state index in [-0.39, 0.29) is 11.7 Å². The number of para-hydroxylation sites is 1. The van der Waals surface area contributed by atoms with E-state index in [9.17, 15) is 0 Å². The van der Waals surface area contributed by atoms with Gasteiger partial charge in [-0.15, -0.1) is 0 Å². The third-order valence-electron chi connectivity index (χ3n) is 10.6. The first kappa shape index (κ1) is 33.7. The van der Waals surface area contributed by atoms with Crippen LogP contribution in [0.1, 0.15) is 38.9 Å². The number of aryl methyl sites for hydroxylation is 1. The van der Waals surface area contributed by atoms with Gasteiger partial charge in [-0.05, 0) is 53.3 Å². The maximum absolute atomic E-state index is 16.5. The van der Waals surface area contributed by atoms with Gasteiger partial charge in [-0.1, -0.05) is 133 Å². The number of aliphatic imine (C=N–C) groups is 1. The Balaban J connectivity index is 1.35. The normalized spacial score (nSPS) is 18.1. The fourth-order valence-electron chi connectivity index (χ4n) is 8.16. The lowest BCUT2D eigenvalue weighted by Crippen LogP contribution is -2.52. The van der Waals surface area contributed by atoms with Crippen LogP contribution in [0.15, 0.2) is 145 Å². The average molecular weight is 706 g/mol. The maximum Gasteiger partial charge on any atom is 0.216 e. The number of hydrogen-bond acceptors (Lipinski definition) is 6. The standard InChI is InChI=1S/C45H40FN3O2S/c1-30-23-24-39(40(46)25-30)44-27-37-36(38(28-47-42(37)51-3)35-21-13-14-22-41(35)50-2)26-34(44)29-52-43(48-44)49-45(31-15-7-4-8-16-31,32-17-9-5-10-18-32)33-19-11-6-12-20-33/h4-25,28,34H,26-27,29H2,1-3H3,(H,48,49)/t34-,44-/m0/s1. The Labute approximate surface area is 309 Å². The fourth-order valence-corrected chi connectivity index (χ4v) is 9.37. The van der Waals surface area contributed by atoms with Gasteiger partial charge in [0, 0.05) is 46.5 Å². The number of nitrogens with zero attached hydrogens (tertiary/aromatic N) is 2. The number of rotatable bonds is 8. The Morgan fingerprint density at radius 2 is 1.37 bits per heavy atom. The number of halogens is 1. The van der Waals surface area contributed by atoms with Gasteiger partial charge < -0.3 is 14.8 Å². The van der Waals surface area contributed by atoms with Gasteiger partial charge in [0.15, 0.2) is 5.17 Å². The highest BCUT2D eigenvalue weighted by Gasteiger charge is 2.51. The molecular weight excluding hydrogens is 666 g/mol. The first-order valence-corrected chi connectivity index (χ1v) is 18.6. The molecule has 0 amide bonds. The minimum atomic E-state index is -0.928. The number of ether oxygens (including phenoxy) is 2. The molecule has 2 heterocycles. The first-order chi connectivity index (χ1) is 25.5. The number of methoxy groups -OCH3 is 2. The largest absolute Gasteiger partial charge is 0.496 e. The van der Waals surface area contributed by atoms with Crippen molar-refractivity contribution in [3.8, 4) is 22.8 Å². The van der Waals surface area contributed by atoms with Crippen LogP contribution in [0.3, 0.4) is 0 Å². The molecule has 5 nitrogen and oxygen atoms in total. The predicted molar refractivity (Wildman–Crippen MR) is 209 cm³/mol. The number of fused-ring (bicyclic) bond motifs is 2. The highest BCUT2D eigenvalue weighted by molar-refractivity contribution is 8.13. The molecule has 0 bridgehead atoms. The highest BCUT2D eigenvalue weighted by atomic mass is 32.2. The number of benzene rings is 5. The molecule has 0 fully saturated rings.